The SMILES string of the molecule is CC(C)(C#N)C(=O)Nc1ccc2c(c1)OC(F)(F)O2. The molecule has 0 fully saturated rings. The Balaban J connectivity index is 2.18. The van der Waals surface area contributed by atoms with Gasteiger partial charge in [-0.25, -0.2) is 0 Å². The zero-order valence-corrected chi connectivity index (χ0v) is 10.2. The lowest BCUT2D eigenvalue weighted by Gasteiger charge is -2.15. The van der Waals surface area contributed by atoms with Gasteiger partial charge in [-0.1, -0.05) is 0 Å². The highest BCUT2D eigenvalue weighted by atomic mass is 19.3. The molecule has 1 aromatic rings. The van der Waals surface area contributed by atoms with Gasteiger partial charge in [0.2, 0.25) is 5.91 Å². The van der Waals surface area contributed by atoms with Crippen molar-refractivity contribution >= 4 is 11.6 Å². The van der Waals surface area contributed by atoms with Gasteiger partial charge in [0.05, 0.1) is 6.07 Å². The summed E-state index contributed by atoms with van der Waals surface area (Å²) in [6.07, 6.45) is -3.70. The maximum absolute atomic E-state index is 12.8. The number of anilines is 1. The van der Waals surface area contributed by atoms with E-state index < -0.39 is 17.6 Å². The molecule has 0 saturated carbocycles. The third kappa shape index (κ3) is 2.57. The van der Waals surface area contributed by atoms with Crippen LogP contribution in [0.1, 0.15) is 13.8 Å². The van der Waals surface area contributed by atoms with E-state index in [2.05, 4.69) is 14.8 Å². The number of nitrogens with one attached hydrogen (secondary N) is 1. The van der Waals surface area contributed by atoms with Crippen LogP contribution < -0.4 is 14.8 Å². The highest BCUT2D eigenvalue weighted by Crippen LogP contribution is 2.42. The van der Waals surface area contributed by atoms with Crippen LogP contribution in [0, 0.1) is 16.7 Å². The number of halogens is 2. The largest absolute Gasteiger partial charge is 0.586 e. The van der Waals surface area contributed by atoms with Gasteiger partial charge in [0.1, 0.15) is 5.41 Å². The van der Waals surface area contributed by atoms with E-state index in [1.54, 1.807) is 0 Å². The Hall–Kier alpha value is -2.36. The maximum atomic E-state index is 12.8. The normalized spacial score (nSPS) is 15.7. The average molecular weight is 268 g/mol. The summed E-state index contributed by atoms with van der Waals surface area (Å²) in [4.78, 5) is 11.7. The van der Waals surface area contributed by atoms with Crippen molar-refractivity contribution in [2.75, 3.05) is 5.32 Å². The topological polar surface area (TPSA) is 71.4 Å². The van der Waals surface area contributed by atoms with Gasteiger partial charge in [-0.15, -0.1) is 8.78 Å². The quantitative estimate of drug-likeness (QED) is 0.894. The molecule has 7 heteroatoms. The molecule has 0 atom stereocenters. The smallest absolute Gasteiger partial charge is 0.395 e. The first-order valence-corrected chi connectivity index (χ1v) is 5.36. The van der Waals surface area contributed by atoms with E-state index in [-0.39, 0.29) is 17.2 Å². The van der Waals surface area contributed by atoms with Gasteiger partial charge in [0.15, 0.2) is 11.5 Å². The second-order valence-electron chi connectivity index (χ2n) is 4.52. The number of benzene rings is 1. The van der Waals surface area contributed by atoms with Crippen LogP contribution in [0.2, 0.25) is 0 Å². The fraction of sp³-hybridized carbons (Fsp3) is 0.333. The Kier molecular flexibility index (Phi) is 2.81. The second-order valence-corrected chi connectivity index (χ2v) is 4.52. The minimum absolute atomic E-state index is 0.109. The van der Waals surface area contributed by atoms with Gasteiger partial charge in [-0.05, 0) is 26.0 Å². The molecule has 2 rings (SSSR count). The Labute approximate surface area is 107 Å². The number of nitriles is 1. The highest BCUT2D eigenvalue weighted by Gasteiger charge is 2.43. The summed E-state index contributed by atoms with van der Waals surface area (Å²) in [6.45, 7) is 2.90. The lowest BCUT2D eigenvalue weighted by molar-refractivity contribution is -0.286. The predicted molar refractivity (Wildman–Crippen MR) is 60.7 cm³/mol. The molecule has 0 aromatic heterocycles. The minimum Gasteiger partial charge on any atom is -0.395 e. The number of amides is 1. The molecule has 1 N–H and O–H groups in total. The number of rotatable bonds is 2. The zero-order valence-electron chi connectivity index (χ0n) is 10.2. The van der Waals surface area contributed by atoms with Crippen LogP contribution in [0.15, 0.2) is 18.2 Å². The third-order valence-corrected chi connectivity index (χ3v) is 2.51. The van der Waals surface area contributed by atoms with Crippen molar-refractivity contribution in [1.82, 2.24) is 0 Å². The predicted octanol–water partition coefficient (Wildman–Crippen LogP) is 2.50. The van der Waals surface area contributed by atoms with Gasteiger partial charge >= 0.3 is 6.29 Å². The number of hydrogen-bond donors (Lipinski definition) is 1. The van der Waals surface area contributed by atoms with E-state index in [0.29, 0.717) is 0 Å². The van der Waals surface area contributed by atoms with E-state index >= 15 is 0 Å². The molecule has 5 nitrogen and oxygen atoms in total. The number of hydrogen-bond acceptors (Lipinski definition) is 4. The molecule has 0 saturated heterocycles. The Morgan fingerprint density at radius 3 is 2.63 bits per heavy atom. The molecule has 1 amide bonds. The van der Waals surface area contributed by atoms with Crippen LogP contribution in [0.5, 0.6) is 11.5 Å². The molecule has 0 spiro atoms. The monoisotopic (exact) mass is 268 g/mol. The van der Waals surface area contributed by atoms with E-state index in [9.17, 15) is 13.6 Å². The van der Waals surface area contributed by atoms with Gasteiger partial charge in [0, 0.05) is 11.8 Å². The summed E-state index contributed by atoms with van der Waals surface area (Å²) in [5.41, 5.74) is -0.978. The van der Waals surface area contributed by atoms with Crippen LogP contribution in [0.3, 0.4) is 0 Å². The molecule has 100 valence electrons. The molecule has 1 aliphatic heterocycles. The second kappa shape index (κ2) is 4.09. The van der Waals surface area contributed by atoms with Gasteiger partial charge in [-0.3, -0.25) is 4.79 Å². The Morgan fingerprint density at radius 1 is 1.37 bits per heavy atom. The first kappa shape index (κ1) is 13.1. The average Bonchev–Trinajstić information content (AvgIpc) is 2.62. The summed E-state index contributed by atoms with van der Waals surface area (Å²) in [5, 5.41) is 11.3. The van der Waals surface area contributed by atoms with Gasteiger partial charge < -0.3 is 14.8 Å². The summed E-state index contributed by atoms with van der Waals surface area (Å²) in [7, 11) is 0. The third-order valence-electron chi connectivity index (χ3n) is 2.51. The van der Waals surface area contributed by atoms with Crippen LogP contribution in [-0.2, 0) is 4.79 Å². The van der Waals surface area contributed by atoms with Crippen LogP contribution in [-0.4, -0.2) is 12.2 Å². The van der Waals surface area contributed by atoms with E-state index in [0.717, 1.165) is 0 Å². The van der Waals surface area contributed by atoms with Gasteiger partial charge in [-0.2, -0.15) is 5.26 Å². The number of alkyl halides is 2. The fourth-order valence-corrected chi connectivity index (χ4v) is 1.36. The number of carbonyl (C=O) groups excluding carboxylic acids is 1. The molecule has 1 aliphatic rings. The lowest BCUT2D eigenvalue weighted by atomic mass is 9.94. The summed E-state index contributed by atoms with van der Waals surface area (Å²) in [6, 6.07) is 5.69. The molecule has 1 aromatic carbocycles. The molecular weight excluding hydrogens is 258 g/mol. The van der Waals surface area contributed by atoms with Crippen molar-refractivity contribution in [3.05, 3.63) is 18.2 Å². The van der Waals surface area contributed by atoms with Crippen LogP contribution in [0.25, 0.3) is 0 Å². The number of nitrogens with zero attached hydrogens (tertiary/aromatic N) is 1. The van der Waals surface area contributed by atoms with Crippen molar-refractivity contribution in [3.63, 3.8) is 0 Å². The van der Waals surface area contributed by atoms with Crippen molar-refractivity contribution in [2.24, 2.45) is 5.41 Å². The molecule has 0 aliphatic carbocycles. The molecule has 1 heterocycles. The molecule has 0 radical (unpaired) electrons. The Bertz CT molecular complexity index is 579. The van der Waals surface area contributed by atoms with E-state index in [1.807, 2.05) is 6.07 Å². The molecular formula is C12H10F2N2O3. The first-order chi connectivity index (χ1) is 8.73. The van der Waals surface area contributed by atoms with Crippen molar-refractivity contribution in [2.45, 2.75) is 20.1 Å². The molecule has 0 unspecified atom stereocenters. The van der Waals surface area contributed by atoms with Crippen molar-refractivity contribution in [1.29, 1.82) is 5.26 Å². The standard InChI is InChI=1S/C12H10F2N2O3/c1-11(2,6-15)10(17)16-7-3-4-8-9(5-7)19-12(13,14)18-8/h3-5H,1-2H3,(H,16,17). The summed E-state index contributed by atoms with van der Waals surface area (Å²) >= 11 is 0. The first-order valence-electron chi connectivity index (χ1n) is 5.36. The summed E-state index contributed by atoms with van der Waals surface area (Å²) < 4.78 is 34.1. The molecule has 0 bridgehead atoms. The number of ether oxygens (including phenoxy) is 2. The van der Waals surface area contributed by atoms with Crippen LogP contribution in [0.4, 0.5) is 14.5 Å². The number of carbonyl (C=O) groups is 1. The van der Waals surface area contributed by atoms with Gasteiger partial charge in [0.25, 0.3) is 0 Å². The van der Waals surface area contributed by atoms with E-state index in [4.69, 9.17) is 5.26 Å². The fourth-order valence-electron chi connectivity index (χ4n) is 1.36. The summed E-state index contributed by atoms with van der Waals surface area (Å²) in [5.74, 6) is -0.819. The lowest BCUT2D eigenvalue weighted by Crippen LogP contribution is -2.29. The minimum atomic E-state index is -3.70. The van der Waals surface area contributed by atoms with E-state index in [1.165, 1.54) is 32.0 Å². The molecule has 19 heavy (non-hydrogen) atoms. The zero-order chi connectivity index (χ0) is 14.3. The van der Waals surface area contributed by atoms with Crippen molar-refractivity contribution < 1.29 is 23.0 Å². The van der Waals surface area contributed by atoms with Crippen molar-refractivity contribution in [3.8, 4) is 17.6 Å². The maximum Gasteiger partial charge on any atom is 0.586 e. The Morgan fingerprint density at radius 2 is 2.00 bits per heavy atom. The highest BCUT2D eigenvalue weighted by molar-refractivity contribution is 5.96. The van der Waals surface area contributed by atoms with Crippen LogP contribution >= 0.6 is 0 Å². The number of fused-ring (bicyclic) bond motifs is 1.